The highest BCUT2D eigenvalue weighted by atomic mass is 19.1. The molecular weight excluding hydrogens is 211 g/mol. The summed E-state index contributed by atoms with van der Waals surface area (Å²) < 4.78 is 13.4. The summed E-state index contributed by atoms with van der Waals surface area (Å²) in [5, 5.41) is 13.3. The Labute approximate surface area is 93.6 Å². The van der Waals surface area contributed by atoms with Crippen LogP contribution in [0.15, 0.2) is 18.2 Å². The number of anilines is 1. The minimum atomic E-state index is -0.614. The van der Waals surface area contributed by atoms with E-state index in [1.165, 1.54) is 12.1 Å². The van der Waals surface area contributed by atoms with Gasteiger partial charge in [-0.25, -0.2) is 4.39 Å². The second-order valence-corrected chi connectivity index (χ2v) is 4.84. The largest absolute Gasteiger partial charge is 0.382 e. The minimum Gasteiger partial charge on any atom is -0.382 e. The van der Waals surface area contributed by atoms with Crippen LogP contribution in [0.1, 0.15) is 20.8 Å². The quantitative estimate of drug-likeness (QED) is 0.636. The number of nitrogens with one attached hydrogen (secondary N) is 1. The Bertz CT molecular complexity index is 399. The Balaban J connectivity index is 2.80. The third kappa shape index (κ3) is 3.49. The molecule has 88 valence electrons. The van der Waals surface area contributed by atoms with Crippen molar-refractivity contribution in [3.8, 4) is 0 Å². The van der Waals surface area contributed by atoms with E-state index in [-0.39, 0.29) is 11.1 Å². The Morgan fingerprint density at radius 3 is 2.50 bits per heavy atom. The summed E-state index contributed by atoms with van der Waals surface area (Å²) in [6.45, 7) is 6.65. The number of nitro groups is 1. The highest BCUT2D eigenvalue weighted by Gasteiger charge is 2.13. The molecule has 0 unspecified atom stereocenters. The van der Waals surface area contributed by atoms with Gasteiger partial charge in [-0.1, -0.05) is 20.8 Å². The molecule has 0 heterocycles. The van der Waals surface area contributed by atoms with Gasteiger partial charge in [0.05, 0.1) is 16.7 Å². The first-order valence-electron chi connectivity index (χ1n) is 4.97. The molecule has 0 aromatic heterocycles. The van der Waals surface area contributed by atoms with Crippen molar-refractivity contribution in [3.63, 3.8) is 0 Å². The Kier molecular flexibility index (Phi) is 3.47. The standard InChI is InChI=1S/C11H15FN2O2/c1-11(2,3)7-13-10-5-4-8(14(15)16)6-9(10)12/h4-6,13H,7H2,1-3H3. The highest BCUT2D eigenvalue weighted by molar-refractivity contribution is 5.50. The van der Waals surface area contributed by atoms with Gasteiger partial charge in [0.25, 0.3) is 5.69 Å². The van der Waals surface area contributed by atoms with E-state index < -0.39 is 10.7 Å². The summed E-state index contributed by atoms with van der Waals surface area (Å²) in [6, 6.07) is 3.60. The number of hydrogen-bond acceptors (Lipinski definition) is 3. The lowest BCUT2D eigenvalue weighted by atomic mass is 9.97. The van der Waals surface area contributed by atoms with Gasteiger partial charge in [-0.05, 0) is 11.5 Å². The maximum atomic E-state index is 13.4. The molecule has 5 heteroatoms. The van der Waals surface area contributed by atoms with Crippen LogP contribution in [0, 0.1) is 21.3 Å². The van der Waals surface area contributed by atoms with Crippen molar-refractivity contribution in [2.45, 2.75) is 20.8 Å². The second-order valence-electron chi connectivity index (χ2n) is 4.84. The predicted molar refractivity (Wildman–Crippen MR) is 61.0 cm³/mol. The zero-order chi connectivity index (χ0) is 12.3. The third-order valence-electron chi connectivity index (χ3n) is 1.97. The van der Waals surface area contributed by atoms with Gasteiger partial charge in [0.2, 0.25) is 0 Å². The normalized spacial score (nSPS) is 11.2. The Hall–Kier alpha value is -1.65. The maximum absolute atomic E-state index is 13.4. The molecule has 0 radical (unpaired) electrons. The Morgan fingerprint density at radius 1 is 1.44 bits per heavy atom. The number of non-ortho nitro benzene ring substituents is 1. The van der Waals surface area contributed by atoms with Gasteiger partial charge in [0.1, 0.15) is 0 Å². The lowest BCUT2D eigenvalue weighted by molar-refractivity contribution is -0.385. The van der Waals surface area contributed by atoms with Crippen LogP contribution < -0.4 is 5.32 Å². The molecule has 1 rings (SSSR count). The molecule has 0 fully saturated rings. The molecule has 1 aromatic carbocycles. The van der Waals surface area contributed by atoms with Crippen molar-refractivity contribution < 1.29 is 9.31 Å². The van der Waals surface area contributed by atoms with E-state index in [1.807, 2.05) is 20.8 Å². The summed E-state index contributed by atoms with van der Waals surface area (Å²) in [6.07, 6.45) is 0. The van der Waals surface area contributed by atoms with E-state index in [2.05, 4.69) is 5.32 Å². The minimum absolute atomic E-state index is 0.0220. The lowest BCUT2D eigenvalue weighted by Crippen LogP contribution is -2.19. The third-order valence-corrected chi connectivity index (χ3v) is 1.97. The van der Waals surface area contributed by atoms with Crippen LogP contribution in [0.4, 0.5) is 15.8 Å². The van der Waals surface area contributed by atoms with Gasteiger partial charge in [0, 0.05) is 12.6 Å². The molecule has 0 bridgehead atoms. The average molecular weight is 226 g/mol. The van der Waals surface area contributed by atoms with Gasteiger partial charge in [-0.15, -0.1) is 0 Å². The maximum Gasteiger partial charge on any atom is 0.272 e. The van der Waals surface area contributed by atoms with Crippen LogP contribution in [0.25, 0.3) is 0 Å². The van der Waals surface area contributed by atoms with E-state index in [4.69, 9.17) is 0 Å². The summed E-state index contributed by atoms with van der Waals surface area (Å²) in [5.41, 5.74) is 0.0770. The van der Waals surface area contributed by atoms with Crippen molar-refractivity contribution >= 4 is 11.4 Å². The molecule has 0 aliphatic heterocycles. The SMILES string of the molecule is CC(C)(C)CNc1ccc([N+](=O)[O-])cc1F. The lowest BCUT2D eigenvalue weighted by Gasteiger charge is -2.19. The van der Waals surface area contributed by atoms with Crippen LogP contribution in [-0.4, -0.2) is 11.5 Å². The number of halogens is 1. The van der Waals surface area contributed by atoms with Gasteiger partial charge in [-0.3, -0.25) is 10.1 Å². The fourth-order valence-corrected chi connectivity index (χ4v) is 1.12. The molecule has 0 aliphatic carbocycles. The van der Waals surface area contributed by atoms with Crippen molar-refractivity contribution in [1.82, 2.24) is 0 Å². The van der Waals surface area contributed by atoms with E-state index in [0.717, 1.165) is 6.07 Å². The van der Waals surface area contributed by atoms with Crippen LogP contribution >= 0.6 is 0 Å². The summed E-state index contributed by atoms with van der Waals surface area (Å²) in [4.78, 5) is 9.79. The number of nitro benzene ring substituents is 1. The molecule has 0 atom stereocenters. The van der Waals surface area contributed by atoms with Crippen molar-refractivity contribution in [2.75, 3.05) is 11.9 Å². The van der Waals surface area contributed by atoms with Gasteiger partial charge < -0.3 is 5.32 Å². The first-order valence-corrected chi connectivity index (χ1v) is 4.97. The number of hydrogen-bond donors (Lipinski definition) is 1. The summed E-state index contributed by atoms with van der Waals surface area (Å²) >= 11 is 0. The average Bonchev–Trinajstić information content (AvgIpc) is 2.14. The van der Waals surface area contributed by atoms with Gasteiger partial charge in [0.15, 0.2) is 5.82 Å². The monoisotopic (exact) mass is 226 g/mol. The first-order chi connectivity index (χ1) is 7.29. The van der Waals surface area contributed by atoms with Gasteiger partial charge >= 0.3 is 0 Å². The zero-order valence-corrected chi connectivity index (χ0v) is 9.58. The molecule has 0 spiro atoms. The topological polar surface area (TPSA) is 55.2 Å². The molecule has 1 aromatic rings. The molecular formula is C11H15FN2O2. The molecule has 0 saturated carbocycles. The smallest absolute Gasteiger partial charge is 0.272 e. The van der Waals surface area contributed by atoms with Crippen LogP contribution in [0.5, 0.6) is 0 Å². The fourth-order valence-electron chi connectivity index (χ4n) is 1.12. The van der Waals surface area contributed by atoms with E-state index in [9.17, 15) is 14.5 Å². The van der Waals surface area contributed by atoms with Crippen molar-refractivity contribution in [3.05, 3.63) is 34.1 Å². The second kappa shape index (κ2) is 4.47. The molecule has 4 nitrogen and oxygen atoms in total. The molecule has 16 heavy (non-hydrogen) atoms. The number of nitrogens with zero attached hydrogens (tertiary/aromatic N) is 1. The molecule has 1 N–H and O–H groups in total. The van der Waals surface area contributed by atoms with Crippen LogP contribution in [0.3, 0.4) is 0 Å². The molecule has 0 saturated heterocycles. The van der Waals surface area contributed by atoms with Crippen LogP contribution in [-0.2, 0) is 0 Å². The summed E-state index contributed by atoms with van der Waals surface area (Å²) in [7, 11) is 0. The van der Waals surface area contributed by atoms with E-state index in [0.29, 0.717) is 12.2 Å². The number of rotatable bonds is 3. The first kappa shape index (κ1) is 12.4. The summed E-state index contributed by atoms with van der Waals surface area (Å²) in [5.74, 6) is -0.599. The molecule has 0 amide bonds. The molecule has 0 aliphatic rings. The predicted octanol–water partition coefficient (Wildman–Crippen LogP) is 3.19. The van der Waals surface area contributed by atoms with Crippen molar-refractivity contribution in [2.24, 2.45) is 5.41 Å². The fraction of sp³-hybridized carbons (Fsp3) is 0.455. The van der Waals surface area contributed by atoms with E-state index >= 15 is 0 Å². The Morgan fingerprint density at radius 2 is 2.06 bits per heavy atom. The highest BCUT2D eigenvalue weighted by Crippen LogP contribution is 2.22. The van der Waals surface area contributed by atoms with Crippen LogP contribution in [0.2, 0.25) is 0 Å². The van der Waals surface area contributed by atoms with Crippen molar-refractivity contribution in [1.29, 1.82) is 0 Å². The number of benzene rings is 1. The zero-order valence-electron chi connectivity index (χ0n) is 9.58. The van der Waals surface area contributed by atoms with Gasteiger partial charge in [-0.2, -0.15) is 0 Å². The van der Waals surface area contributed by atoms with E-state index in [1.54, 1.807) is 0 Å².